The molecule has 0 rings (SSSR count). The second kappa shape index (κ2) is 34.0. The van der Waals surface area contributed by atoms with Crippen molar-refractivity contribution in [3.63, 3.8) is 0 Å². The maximum atomic E-state index is 12.5. The molecule has 0 aliphatic rings. The molecule has 3 atom stereocenters. The summed E-state index contributed by atoms with van der Waals surface area (Å²) in [6.45, 7) is 3.21. The standard InChI is InChI=1S/C37H65O9P/c1-3-5-7-9-11-13-15-16-17-18-19-20-22-24-26-28-30-43-33-36(34-45-47(41,42)44-32-35(39)31-38)46-37(40)29-27-25-23-21-14-12-10-8-6-4-2/h5,7-8,10-11,13,16-17,19-20,35-36,38-39H,3-4,6,9,12,14-15,18,21-34H2,1-2H3,(H,41,42)/b7-5-,10-8-,13-11-,17-16-,20-19-. The Hall–Kier alpha value is -1.84. The predicted octanol–water partition coefficient (Wildman–Crippen LogP) is 8.85. The molecule has 3 unspecified atom stereocenters. The number of unbranched alkanes of at least 4 members (excludes halogenated alkanes) is 9. The van der Waals surface area contributed by atoms with Gasteiger partial charge >= 0.3 is 13.8 Å². The fraction of sp³-hybridized carbons (Fsp3) is 0.703. The van der Waals surface area contributed by atoms with Crippen LogP contribution in [0.5, 0.6) is 0 Å². The molecule has 272 valence electrons. The average molecular weight is 685 g/mol. The second-order valence-corrected chi connectivity index (χ2v) is 13.0. The van der Waals surface area contributed by atoms with Crippen LogP contribution < -0.4 is 0 Å². The Balaban J connectivity index is 4.34. The van der Waals surface area contributed by atoms with Crippen molar-refractivity contribution in [2.45, 2.75) is 135 Å². The minimum atomic E-state index is -4.52. The summed E-state index contributed by atoms with van der Waals surface area (Å²) in [5.74, 6) is -0.410. The summed E-state index contributed by atoms with van der Waals surface area (Å²) in [5.41, 5.74) is 0. The lowest BCUT2D eigenvalue weighted by molar-refractivity contribution is -0.154. The fourth-order valence-electron chi connectivity index (χ4n) is 4.23. The second-order valence-electron chi connectivity index (χ2n) is 11.5. The summed E-state index contributed by atoms with van der Waals surface area (Å²) in [4.78, 5) is 22.4. The van der Waals surface area contributed by atoms with Crippen LogP contribution in [0.15, 0.2) is 60.8 Å². The van der Waals surface area contributed by atoms with Gasteiger partial charge in [0.15, 0.2) is 0 Å². The molecule has 0 radical (unpaired) electrons. The Bertz CT molecular complexity index is 914. The number of ether oxygens (including phenoxy) is 2. The number of carbonyl (C=O) groups is 1. The van der Waals surface area contributed by atoms with Crippen LogP contribution in [0.4, 0.5) is 0 Å². The highest BCUT2D eigenvalue weighted by Crippen LogP contribution is 2.43. The zero-order valence-corrected chi connectivity index (χ0v) is 30.1. The molecule has 3 N–H and O–H groups in total. The van der Waals surface area contributed by atoms with Crippen LogP contribution in [-0.2, 0) is 27.9 Å². The van der Waals surface area contributed by atoms with Crippen LogP contribution in [-0.4, -0.2) is 66.3 Å². The SMILES string of the molecule is CC/C=C\C/C=C\C/C=C\C/C=C\CCCCCOCC(COP(=O)(O)OCC(O)CO)OC(=O)CCCCCCC/C=C\CCC. The van der Waals surface area contributed by atoms with Gasteiger partial charge in [-0.15, -0.1) is 0 Å². The van der Waals surface area contributed by atoms with Crippen LogP contribution >= 0.6 is 7.82 Å². The lowest BCUT2D eigenvalue weighted by Crippen LogP contribution is -2.29. The minimum absolute atomic E-state index is 0.0213. The van der Waals surface area contributed by atoms with Crippen molar-refractivity contribution in [3.8, 4) is 0 Å². The van der Waals surface area contributed by atoms with Gasteiger partial charge in [-0.2, -0.15) is 0 Å². The van der Waals surface area contributed by atoms with E-state index in [4.69, 9.17) is 23.6 Å². The number of aliphatic hydroxyl groups is 2. The third kappa shape index (κ3) is 33.8. The molecule has 0 aromatic heterocycles. The summed E-state index contributed by atoms with van der Waals surface area (Å²) in [7, 11) is -4.52. The average Bonchev–Trinajstić information content (AvgIpc) is 3.06. The van der Waals surface area contributed by atoms with E-state index >= 15 is 0 Å². The molecule has 0 saturated carbocycles. The van der Waals surface area contributed by atoms with Crippen molar-refractivity contribution in [2.24, 2.45) is 0 Å². The number of carbonyl (C=O) groups excluding carboxylic acids is 1. The van der Waals surface area contributed by atoms with Crippen molar-refractivity contribution in [1.82, 2.24) is 0 Å². The molecule has 47 heavy (non-hydrogen) atoms. The first-order valence-electron chi connectivity index (χ1n) is 17.8. The Labute approximate surface area is 285 Å². The highest BCUT2D eigenvalue weighted by atomic mass is 31.2. The van der Waals surface area contributed by atoms with Gasteiger partial charge in [0.25, 0.3) is 0 Å². The van der Waals surface area contributed by atoms with Gasteiger partial charge in [0.1, 0.15) is 12.2 Å². The highest BCUT2D eigenvalue weighted by Gasteiger charge is 2.26. The molecule has 0 aliphatic heterocycles. The molecule has 0 aliphatic carbocycles. The predicted molar refractivity (Wildman–Crippen MR) is 191 cm³/mol. The zero-order valence-electron chi connectivity index (χ0n) is 29.2. The van der Waals surface area contributed by atoms with Gasteiger partial charge in [0.05, 0.1) is 26.4 Å². The van der Waals surface area contributed by atoms with E-state index in [0.717, 1.165) is 89.9 Å². The molecule has 0 heterocycles. The number of phosphoric acid groups is 1. The van der Waals surface area contributed by atoms with Crippen LogP contribution in [0.25, 0.3) is 0 Å². The Morgan fingerprint density at radius 2 is 1.21 bits per heavy atom. The van der Waals surface area contributed by atoms with E-state index in [9.17, 15) is 19.4 Å². The van der Waals surface area contributed by atoms with Gasteiger partial charge in [0.2, 0.25) is 0 Å². The summed E-state index contributed by atoms with van der Waals surface area (Å²) in [5, 5.41) is 18.2. The normalized spacial score (nSPS) is 15.1. The van der Waals surface area contributed by atoms with E-state index in [1.807, 2.05) is 0 Å². The van der Waals surface area contributed by atoms with Gasteiger partial charge < -0.3 is 24.6 Å². The van der Waals surface area contributed by atoms with E-state index in [2.05, 4.69) is 74.6 Å². The van der Waals surface area contributed by atoms with Crippen LogP contribution in [0.3, 0.4) is 0 Å². The first-order valence-corrected chi connectivity index (χ1v) is 19.3. The van der Waals surface area contributed by atoms with E-state index in [1.54, 1.807) is 0 Å². The van der Waals surface area contributed by atoms with Crippen molar-refractivity contribution >= 4 is 13.8 Å². The summed E-state index contributed by atoms with van der Waals surface area (Å²) in [6, 6.07) is 0. The van der Waals surface area contributed by atoms with E-state index < -0.39 is 45.8 Å². The van der Waals surface area contributed by atoms with Crippen LogP contribution in [0.2, 0.25) is 0 Å². The highest BCUT2D eigenvalue weighted by molar-refractivity contribution is 7.47. The molecule has 0 fully saturated rings. The molecule has 10 heteroatoms. The quantitative estimate of drug-likeness (QED) is 0.0268. The van der Waals surface area contributed by atoms with Gasteiger partial charge in [0, 0.05) is 13.0 Å². The number of rotatable bonds is 33. The lowest BCUT2D eigenvalue weighted by atomic mass is 10.1. The van der Waals surface area contributed by atoms with Gasteiger partial charge in [-0.05, 0) is 70.6 Å². The molecule has 0 bridgehead atoms. The lowest BCUT2D eigenvalue weighted by Gasteiger charge is -2.20. The fourth-order valence-corrected chi connectivity index (χ4v) is 5.02. The molecular formula is C37H65O9P. The van der Waals surface area contributed by atoms with E-state index in [1.165, 1.54) is 6.42 Å². The van der Waals surface area contributed by atoms with Gasteiger partial charge in [-0.1, -0.05) is 107 Å². The monoisotopic (exact) mass is 684 g/mol. The number of esters is 1. The van der Waals surface area contributed by atoms with Crippen molar-refractivity contribution in [2.75, 3.05) is 33.0 Å². The third-order valence-corrected chi connectivity index (χ3v) is 7.87. The molecule has 0 aromatic rings. The maximum absolute atomic E-state index is 12.5. The van der Waals surface area contributed by atoms with Crippen molar-refractivity contribution < 1.29 is 43.0 Å². The van der Waals surface area contributed by atoms with Crippen molar-refractivity contribution in [3.05, 3.63) is 60.8 Å². The first-order chi connectivity index (χ1) is 22.8. The molecule has 0 saturated heterocycles. The smallest absolute Gasteiger partial charge is 0.457 e. The zero-order chi connectivity index (χ0) is 34.7. The Kier molecular flexibility index (Phi) is 32.7. The summed E-state index contributed by atoms with van der Waals surface area (Å²) >= 11 is 0. The maximum Gasteiger partial charge on any atom is 0.472 e. The minimum Gasteiger partial charge on any atom is -0.457 e. The molecule has 9 nitrogen and oxygen atoms in total. The Morgan fingerprint density at radius 3 is 1.85 bits per heavy atom. The van der Waals surface area contributed by atoms with E-state index in [-0.39, 0.29) is 13.0 Å². The molecule has 0 aromatic carbocycles. The Morgan fingerprint density at radius 1 is 0.681 bits per heavy atom. The van der Waals surface area contributed by atoms with Crippen LogP contribution in [0.1, 0.15) is 123 Å². The number of aliphatic hydroxyl groups excluding tert-OH is 2. The largest absolute Gasteiger partial charge is 0.472 e. The number of hydrogen-bond acceptors (Lipinski definition) is 8. The van der Waals surface area contributed by atoms with Gasteiger partial charge in [-0.3, -0.25) is 13.8 Å². The molecular weight excluding hydrogens is 619 g/mol. The molecule has 0 amide bonds. The van der Waals surface area contributed by atoms with Crippen LogP contribution in [0, 0.1) is 0 Å². The topological polar surface area (TPSA) is 132 Å². The van der Waals surface area contributed by atoms with Gasteiger partial charge in [-0.25, -0.2) is 4.57 Å². The number of hydrogen-bond donors (Lipinski definition) is 3. The number of allylic oxidation sites excluding steroid dienone is 10. The molecule has 0 spiro atoms. The summed E-state index contributed by atoms with van der Waals surface area (Å²) in [6.07, 6.45) is 36.2. The summed E-state index contributed by atoms with van der Waals surface area (Å²) < 4.78 is 33.1. The van der Waals surface area contributed by atoms with Crippen molar-refractivity contribution in [1.29, 1.82) is 0 Å². The first kappa shape index (κ1) is 45.2. The third-order valence-electron chi connectivity index (χ3n) is 6.92. The number of phosphoric ester groups is 1. The van der Waals surface area contributed by atoms with E-state index in [0.29, 0.717) is 13.0 Å².